The Hall–Kier alpha value is -1.17. The molecule has 0 heterocycles. The van der Waals surface area contributed by atoms with E-state index in [4.69, 9.17) is 19.9 Å². The molecule has 1 aromatic rings. The summed E-state index contributed by atoms with van der Waals surface area (Å²) in [6.07, 6.45) is 0.735. The molecule has 108 valence electrons. The van der Waals surface area contributed by atoms with E-state index in [1.165, 1.54) is 12.1 Å². The van der Waals surface area contributed by atoms with Crippen molar-refractivity contribution in [2.75, 3.05) is 33.5 Å². The molecule has 1 rings (SSSR count). The van der Waals surface area contributed by atoms with Crippen LogP contribution in [0.15, 0.2) is 18.2 Å². The number of rotatable bonds is 9. The molecule has 1 atom stereocenters. The van der Waals surface area contributed by atoms with E-state index in [0.29, 0.717) is 32.2 Å². The van der Waals surface area contributed by atoms with Crippen molar-refractivity contribution in [1.29, 1.82) is 0 Å². The summed E-state index contributed by atoms with van der Waals surface area (Å²) in [5.41, 5.74) is 6.62. The minimum absolute atomic E-state index is 0.187. The molecule has 0 radical (unpaired) electrons. The van der Waals surface area contributed by atoms with Crippen LogP contribution in [0.5, 0.6) is 5.75 Å². The van der Waals surface area contributed by atoms with E-state index in [9.17, 15) is 4.39 Å². The first-order chi connectivity index (χ1) is 9.15. The highest BCUT2D eigenvalue weighted by molar-refractivity contribution is 5.36. The van der Waals surface area contributed by atoms with Gasteiger partial charge in [-0.3, -0.25) is 0 Å². The molecule has 0 amide bonds. The molecule has 19 heavy (non-hydrogen) atoms. The molecule has 0 spiro atoms. The zero-order valence-electron chi connectivity index (χ0n) is 11.5. The maximum Gasteiger partial charge on any atom is 0.126 e. The quantitative estimate of drug-likeness (QED) is 0.700. The lowest BCUT2D eigenvalue weighted by atomic mass is 10.1. The number of benzene rings is 1. The molecule has 2 N–H and O–H groups in total. The van der Waals surface area contributed by atoms with Crippen LogP contribution in [0, 0.1) is 5.82 Å². The van der Waals surface area contributed by atoms with E-state index in [1.807, 2.05) is 6.92 Å². The molecule has 0 aliphatic rings. The number of halogens is 1. The molecule has 0 saturated heterocycles. The topological polar surface area (TPSA) is 53.7 Å². The fraction of sp³-hybridized carbons (Fsp3) is 0.571. The fourth-order valence-electron chi connectivity index (χ4n) is 1.60. The molecule has 0 aromatic heterocycles. The summed E-state index contributed by atoms with van der Waals surface area (Å²) in [6.45, 7) is 4.05. The molecule has 0 aliphatic carbocycles. The van der Waals surface area contributed by atoms with Crippen molar-refractivity contribution in [2.24, 2.45) is 5.73 Å². The molecule has 5 heteroatoms. The van der Waals surface area contributed by atoms with Crippen LogP contribution in [0.1, 0.15) is 24.9 Å². The Kier molecular flexibility index (Phi) is 7.40. The van der Waals surface area contributed by atoms with Gasteiger partial charge in [0.25, 0.3) is 0 Å². The van der Waals surface area contributed by atoms with Gasteiger partial charge in [0.2, 0.25) is 0 Å². The minimum Gasteiger partial charge on any atom is -0.493 e. The Bertz CT molecular complexity index is 372. The first-order valence-corrected chi connectivity index (χ1v) is 6.39. The summed E-state index contributed by atoms with van der Waals surface area (Å²) in [4.78, 5) is 0. The Morgan fingerprint density at radius 3 is 2.68 bits per heavy atom. The molecule has 0 bridgehead atoms. The summed E-state index contributed by atoms with van der Waals surface area (Å²) < 4.78 is 28.9. The molecule has 0 aliphatic heterocycles. The van der Waals surface area contributed by atoms with Crippen LogP contribution in [0.3, 0.4) is 0 Å². The van der Waals surface area contributed by atoms with Gasteiger partial charge in [0.15, 0.2) is 0 Å². The van der Waals surface area contributed by atoms with Gasteiger partial charge in [-0.15, -0.1) is 0 Å². The normalized spacial score (nSPS) is 12.4. The monoisotopic (exact) mass is 271 g/mol. The number of methoxy groups -OCH3 is 1. The van der Waals surface area contributed by atoms with Gasteiger partial charge >= 0.3 is 0 Å². The summed E-state index contributed by atoms with van der Waals surface area (Å²) >= 11 is 0. The average molecular weight is 271 g/mol. The molecule has 1 aromatic carbocycles. The first kappa shape index (κ1) is 15.9. The predicted octanol–water partition coefficient (Wildman–Crippen LogP) is 2.28. The van der Waals surface area contributed by atoms with Gasteiger partial charge in [0, 0.05) is 37.8 Å². The standard InChI is InChI=1S/C14H22FNO3/c1-11(16)13-5-4-12(15)10-14(13)19-7-3-6-18-9-8-17-2/h4-5,10-11H,3,6-9,16H2,1-2H3/t11-/m0/s1. The largest absolute Gasteiger partial charge is 0.493 e. The fourth-order valence-corrected chi connectivity index (χ4v) is 1.60. The minimum atomic E-state index is -0.323. The number of nitrogens with two attached hydrogens (primary N) is 1. The Morgan fingerprint density at radius 2 is 2.00 bits per heavy atom. The van der Waals surface area contributed by atoms with Crippen molar-refractivity contribution < 1.29 is 18.6 Å². The van der Waals surface area contributed by atoms with Crippen LogP contribution in [0.4, 0.5) is 4.39 Å². The maximum atomic E-state index is 13.2. The number of ether oxygens (including phenoxy) is 3. The van der Waals surface area contributed by atoms with Crippen molar-refractivity contribution in [1.82, 2.24) is 0 Å². The van der Waals surface area contributed by atoms with Crippen LogP contribution < -0.4 is 10.5 Å². The Morgan fingerprint density at radius 1 is 1.21 bits per heavy atom. The first-order valence-electron chi connectivity index (χ1n) is 6.39. The van der Waals surface area contributed by atoms with Gasteiger partial charge < -0.3 is 19.9 Å². The SMILES string of the molecule is COCCOCCCOc1cc(F)ccc1[C@H](C)N. The van der Waals surface area contributed by atoms with Crippen LogP contribution in [-0.4, -0.2) is 33.5 Å². The van der Waals surface area contributed by atoms with E-state index in [1.54, 1.807) is 13.2 Å². The highest BCUT2D eigenvalue weighted by Gasteiger charge is 2.09. The van der Waals surface area contributed by atoms with E-state index < -0.39 is 0 Å². The highest BCUT2D eigenvalue weighted by atomic mass is 19.1. The third-order valence-electron chi connectivity index (χ3n) is 2.59. The number of hydrogen-bond donors (Lipinski definition) is 1. The zero-order valence-corrected chi connectivity index (χ0v) is 11.5. The van der Waals surface area contributed by atoms with E-state index in [2.05, 4.69) is 0 Å². The van der Waals surface area contributed by atoms with Gasteiger partial charge in [0.1, 0.15) is 11.6 Å². The summed E-state index contributed by atoms with van der Waals surface area (Å²) in [5.74, 6) is 0.183. The van der Waals surface area contributed by atoms with E-state index in [0.717, 1.165) is 12.0 Å². The second-order valence-electron chi connectivity index (χ2n) is 4.28. The van der Waals surface area contributed by atoms with E-state index >= 15 is 0 Å². The Labute approximate surface area is 113 Å². The van der Waals surface area contributed by atoms with Crippen molar-refractivity contribution in [3.8, 4) is 5.75 Å². The lowest BCUT2D eigenvalue weighted by molar-refractivity contribution is 0.0643. The molecular weight excluding hydrogens is 249 g/mol. The van der Waals surface area contributed by atoms with Gasteiger partial charge in [-0.25, -0.2) is 4.39 Å². The molecule has 4 nitrogen and oxygen atoms in total. The summed E-state index contributed by atoms with van der Waals surface area (Å²) in [5, 5.41) is 0. The van der Waals surface area contributed by atoms with Crippen molar-refractivity contribution in [3.05, 3.63) is 29.6 Å². The van der Waals surface area contributed by atoms with Crippen LogP contribution in [0.2, 0.25) is 0 Å². The third-order valence-corrected chi connectivity index (χ3v) is 2.59. The second kappa shape index (κ2) is 8.85. The molecular formula is C14H22FNO3. The summed E-state index contributed by atoms with van der Waals surface area (Å²) in [7, 11) is 1.63. The van der Waals surface area contributed by atoms with Crippen molar-refractivity contribution in [3.63, 3.8) is 0 Å². The number of hydrogen-bond acceptors (Lipinski definition) is 4. The Balaban J connectivity index is 2.34. The van der Waals surface area contributed by atoms with Crippen LogP contribution in [0.25, 0.3) is 0 Å². The van der Waals surface area contributed by atoms with Gasteiger partial charge in [-0.05, 0) is 13.0 Å². The lowest BCUT2D eigenvalue weighted by Gasteiger charge is -2.14. The zero-order chi connectivity index (χ0) is 14.1. The van der Waals surface area contributed by atoms with Crippen molar-refractivity contribution in [2.45, 2.75) is 19.4 Å². The third kappa shape index (κ3) is 6.00. The van der Waals surface area contributed by atoms with Gasteiger partial charge in [-0.1, -0.05) is 6.07 Å². The molecule has 0 saturated carbocycles. The average Bonchev–Trinajstić information content (AvgIpc) is 2.37. The summed E-state index contributed by atoms with van der Waals surface area (Å²) in [6, 6.07) is 4.22. The van der Waals surface area contributed by atoms with Crippen LogP contribution >= 0.6 is 0 Å². The smallest absolute Gasteiger partial charge is 0.126 e. The maximum absolute atomic E-state index is 13.2. The molecule has 0 fully saturated rings. The van der Waals surface area contributed by atoms with Crippen LogP contribution in [-0.2, 0) is 9.47 Å². The predicted molar refractivity (Wildman–Crippen MR) is 71.8 cm³/mol. The van der Waals surface area contributed by atoms with Gasteiger partial charge in [0.05, 0.1) is 19.8 Å². The van der Waals surface area contributed by atoms with E-state index in [-0.39, 0.29) is 11.9 Å². The highest BCUT2D eigenvalue weighted by Crippen LogP contribution is 2.24. The molecule has 0 unspecified atom stereocenters. The van der Waals surface area contributed by atoms with Gasteiger partial charge in [-0.2, -0.15) is 0 Å². The second-order valence-corrected chi connectivity index (χ2v) is 4.28. The van der Waals surface area contributed by atoms with Crippen molar-refractivity contribution >= 4 is 0 Å². The lowest BCUT2D eigenvalue weighted by Crippen LogP contribution is -2.10.